The summed E-state index contributed by atoms with van der Waals surface area (Å²) in [6, 6.07) is 8.66. The molecule has 0 fully saturated rings. The maximum Gasteiger partial charge on any atom is 0.319 e. The highest BCUT2D eigenvalue weighted by Crippen LogP contribution is 2.28. The molecule has 100 valence electrons. The van der Waals surface area contributed by atoms with Gasteiger partial charge in [0.1, 0.15) is 5.76 Å². The number of urea groups is 1. The number of thioether (sulfide) groups is 1. The van der Waals surface area contributed by atoms with Gasteiger partial charge in [0.05, 0.1) is 18.5 Å². The van der Waals surface area contributed by atoms with Gasteiger partial charge in [0.15, 0.2) is 0 Å². The number of nitrogens with one attached hydrogen (secondary N) is 2. The number of carbonyl (C=O) groups excluding carboxylic acids is 1. The Hall–Kier alpha value is -1.59. The number of carbonyl (C=O) groups is 1. The molecular weight excluding hydrogens is 284 g/mol. The van der Waals surface area contributed by atoms with Crippen molar-refractivity contribution in [3.8, 4) is 0 Å². The molecule has 6 heteroatoms. The first-order valence-corrected chi connectivity index (χ1v) is 7.20. The van der Waals surface area contributed by atoms with Crippen LogP contribution in [0.25, 0.3) is 0 Å². The lowest BCUT2D eigenvalue weighted by molar-refractivity contribution is 0.251. The topological polar surface area (TPSA) is 54.3 Å². The van der Waals surface area contributed by atoms with Gasteiger partial charge in [0.25, 0.3) is 0 Å². The van der Waals surface area contributed by atoms with Gasteiger partial charge in [0.2, 0.25) is 0 Å². The highest BCUT2D eigenvalue weighted by atomic mass is 35.5. The summed E-state index contributed by atoms with van der Waals surface area (Å²) in [5, 5.41) is 6.06. The molecule has 0 aliphatic carbocycles. The van der Waals surface area contributed by atoms with E-state index in [9.17, 15) is 4.79 Å². The molecule has 2 rings (SSSR count). The van der Waals surface area contributed by atoms with Crippen LogP contribution in [0.3, 0.4) is 0 Å². The van der Waals surface area contributed by atoms with Gasteiger partial charge in [-0.3, -0.25) is 0 Å². The van der Waals surface area contributed by atoms with Gasteiger partial charge in [-0.15, -0.1) is 11.8 Å². The predicted octanol–water partition coefficient (Wildman–Crippen LogP) is 3.98. The Morgan fingerprint density at radius 2 is 2.26 bits per heavy atom. The molecule has 0 saturated carbocycles. The van der Waals surface area contributed by atoms with E-state index < -0.39 is 0 Å². The van der Waals surface area contributed by atoms with Crippen LogP contribution in [0.1, 0.15) is 5.76 Å². The van der Waals surface area contributed by atoms with E-state index in [0.29, 0.717) is 23.0 Å². The fourth-order valence-electron chi connectivity index (χ4n) is 1.52. The monoisotopic (exact) mass is 296 g/mol. The normalized spacial score (nSPS) is 10.2. The quantitative estimate of drug-likeness (QED) is 0.839. The summed E-state index contributed by atoms with van der Waals surface area (Å²) in [4.78, 5) is 12.7. The number of benzene rings is 1. The lowest BCUT2D eigenvalue weighted by Crippen LogP contribution is -2.28. The second-order valence-corrected chi connectivity index (χ2v) is 5.02. The first-order chi connectivity index (χ1) is 9.19. The van der Waals surface area contributed by atoms with Crippen molar-refractivity contribution < 1.29 is 9.21 Å². The summed E-state index contributed by atoms with van der Waals surface area (Å²) in [6.07, 6.45) is 3.51. The average molecular weight is 297 g/mol. The van der Waals surface area contributed by atoms with Crippen molar-refractivity contribution in [2.24, 2.45) is 0 Å². The van der Waals surface area contributed by atoms with E-state index in [0.717, 1.165) is 4.90 Å². The van der Waals surface area contributed by atoms with Crippen LogP contribution in [-0.4, -0.2) is 12.3 Å². The third kappa shape index (κ3) is 3.94. The van der Waals surface area contributed by atoms with E-state index in [2.05, 4.69) is 10.6 Å². The third-order valence-corrected chi connectivity index (χ3v) is 3.44. The standard InChI is InChI=1S/C13H13ClN2O2S/c1-19-12-5-4-9(14)7-11(12)16-13(17)15-8-10-3-2-6-18-10/h2-7H,8H2,1H3,(H2,15,16,17). The maximum absolute atomic E-state index is 11.8. The van der Waals surface area contributed by atoms with Crippen molar-refractivity contribution in [1.82, 2.24) is 5.32 Å². The van der Waals surface area contributed by atoms with Gasteiger partial charge < -0.3 is 15.1 Å². The first kappa shape index (κ1) is 13.8. The molecule has 1 aromatic heterocycles. The van der Waals surface area contributed by atoms with Crippen molar-refractivity contribution in [2.75, 3.05) is 11.6 Å². The van der Waals surface area contributed by atoms with Crippen LogP contribution in [0.15, 0.2) is 45.9 Å². The lowest BCUT2D eigenvalue weighted by atomic mass is 10.3. The van der Waals surface area contributed by atoms with E-state index in [1.165, 1.54) is 0 Å². The van der Waals surface area contributed by atoms with E-state index in [1.54, 1.807) is 42.3 Å². The maximum atomic E-state index is 11.8. The lowest BCUT2D eigenvalue weighted by Gasteiger charge is -2.10. The number of hydrogen-bond acceptors (Lipinski definition) is 3. The van der Waals surface area contributed by atoms with Gasteiger partial charge in [-0.25, -0.2) is 4.79 Å². The zero-order valence-electron chi connectivity index (χ0n) is 10.3. The number of rotatable bonds is 4. The molecule has 0 aliphatic heterocycles. The summed E-state index contributed by atoms with van der Waals surface area (Å²) in [6.45, 7) is 0.341. The van der Waals surface area contributed by atoms with E-state index in [4.69, 9.17) is 16.0 Å². The largest absolute Gasteiger partial charge is 0.467 e. The van der Waals surface area contributed by atoms with Gasteiger partial charge in [0, 0.05) is 9.92 Å². The van der Waals surface area contributed by atoms with Crippen molar-refractivity contribution >= 4 is 35.1 Å². The summed E-state index contributed by atoms with van der Waals surface area (Å²) < 4.78 is 5.13. The predicted molar refractivity (Wildman–Crippen MR) is 77.8 cm³/mol. The van der Waals surface area contributed by atoms with E-state index in [1.807, 2.05) is 12.3 Å². The number of amides is 2. The molecule has 2 N–H and O–H groups in total. The second-order valence-electron chi connectivity index (χ2n) is 3.73. The first-order valence-electron chi connectivity index (χ1n) is 5.60. The Morgan fingerprint density at radius 3 is 2.95 bits per heavy atom. The van der Waals surface area contributed by atoms with Crippen molar-refractivity contribution in [3.05, 3.63) is 47.4 Å². The van der Waals surface area contributed by atoms with Crippen LogP contribution in [-0.2, 0) is 6.54 Å². The molecule has 2 aromatic rings. The Morgan fingerprint density at radius 1 is 1.42 bits per heavy atom. The molecule has 2 amide bonds. The molecule has 0 saturated heterocycles. The molecule has 0 bridgehead atoms. The summed E-state index contributed by atoms with van der Waals surface area (Å²) in [7, 11) is 0. The zero-order chi connectivity index (χ0) is 13.7. The molecular formula is C13H13ClN2O2S. The van der Waals surface area contributed by atoms with Crippen molar-refractivity contribution in [3.63, 3.8) is 0 Å². The number of halogens is 1. The van der Waals surface area contributed by atoms with Gasteiger partial charge in [-0.05, 0) is 36.6 Å². The van der Waals surface area contributed by atoms with Gasteiger partial charge >= 0.3 is 6.03 Å². The van der Waals surface area contributed by atoms with Gasteiger partial charge in [-0.2, -0.15) is 0 Å². The molecule has 19 heavy (non-hydrogen) atoms. The minimum absolute atomic E-state index is 0.297. The fraction of sp³-hybridized carbons (Fsp3) is 0.154. The molecule has 0 unspecified atom stereocenters. The molecule has 1 aromatic carbocycles. The molecule has 4 nitrogen and oxygen atoms in total. The molecule has 0 atom stereocenters. The SMILES string of the molecule is CSc1ccc(Cl)cc1NC(=O)NCc1ccco1. The smallest absolute Gasteiger partial charge is 0.319 e. The van der Waals surface area contributed by atoms with Crippen LogP contribution < -0.4 is 10.6 Å². The number of anilines is 1. The van der Waals surface area contributed by atoms with Crippen LogP contribution in [0.4, 0.5) is 10.5 Å². The average Bonchev–Trinajstić information content (AvgIpc) is 2.90. The number of hydrogen-bond donors (Lipinski definition) is 2. The van der Waals surface area contributed by atoms with E-state index >= 15 is 0 Å². The molecule has 1 heterocycles. The number of furan rings is 1. The summed E-state index contributed by atoms with van der Waals surface area (Å²) >= 11 is 7.46. The Bertz CT molecular complexity index is 558. The minimum Gasteiger partial charge on any atom is -0.467 e. The second kappa shape index (κ2) is 6.54. The third-order valence-electron chi connectivity index (χ3n) is 2.41. The van der Waals surface area contributed by atoms with Crippen LogP contribution in [0, 0.1) is 0 Å². The molecule has 0 radical (unpaired) electrons. The van der Waals surface area contributed by atoms with Crippen LogP contribution in [0.2, 0.25) is 5.02 Å². The molecule has 0 aliphatic rings. The van der Waals surface area contributed by atoms with Gasteiger partial charge in [-0.1, -0.05) is 11.6 Å². The van der Waals surface area contributed by atoms with Crippen molar-refractivity contribution in [1.29, 1.82) is 0 Å². The highest BCUT2D eigenvalue weighted by molar-refractivity contribution is 7.98. The summed E-state index contributed by atoms with van der Waals surface area (Å²) in [5.41, 5.74) is 0.692. The van der Waals surface area contributed by atoms with E-state index in [-0.39, 0.29) is 6.03 Å². The Balaban J connectivity index is 1.96. The fourth-order valence-corrected chi connectivity index (χ4v) is 2.23. The highest BCUT2D eigenvalue weighted by Gasteiger charge is 2.07. The Kier molecular flexibility index (Phi) is 4.76. The molecule has 0 spiro atoms. The van der Waals surface area contributed by atoms with Crippen LogP contribution in [0.5, 0.6) is 0 Å². The summed E-state index contributed by atoms with van der Waals surface area (Å²) in [5.74, 6) is 0.700. The Labute approximate surface area is 120 Å². The van der Waals surface area contributed by atoms with Crippen molar-refractivity contribution in [2.45, 2.75) is 11.4 Å². The zero-order valence-corrected chi connectivity index (χ0v) is 11.8. The minimum atomic E-state index is -0.297. The van der Waals surface area contributed by atoms with Crippen LogP contribution >= 0.6 is 23.4 Å².